The van der Waals surface area contributed by atoms with E-state index in [0.717, 1.165) is 80.0 Å². The van der Waals surface area contributed by atoms with Gasteiger partial charge in [-0.2, -0.15) is 0 Å². The van der Waals surface area contributed by atoms with Crippen LogP contribution in [-0.2, 0) is 32.3 Å². The number of ketones is 1. The van der Waals surface area contributed by atoms with Crippen LogP contribution in [0.15, 0.2) is 41.5 Å². The number of amides is 1. The zero-order chi connectivity index (χ0) is 35.2. The molecule has 0 saturated carbocycles. The number of rotatable bonds is 12. The van der Waals surface area contributed by atoms with Crippen molar-refractivity contribution in [3.05, 3.63) is 52.8 Å². The fraction of sp³-hybridized carbons (Fsp3) is 0.632. The van der Waals surface area contributed by atoms with Crippen molar-refractivity contribution in [2.75, 3.05) is 40.0 Å². The van der Waals surface area contributed by atoms with Gasteiger partial charge in [-0.3, -0.25) is 19.3 Å². The van der Waals surface area contributed by atoms with Crippen molar-refractivity contribution in [2.45, 2.75) is 116 Å². The molecule has 270 valence electrons. The lowest BCUT2D eigenvalue weighted by Crippen LogP contribution is -2.38. The Morgan fingerprint density at radius 2 is 1.82 bits per heavy atom. The summed E-state index contributed by atoms with van der Waals surface area (Å²) in [6, 6.07) is 8.64. The van der Waals surface area contributed by atoms with Crippen molar-refractivity contribution in [3.8, 4) is 11.3 Å². The molecule has 49 heavy (non-hydrogen) atoms. The fourth-order valence-corrected chi connectivity index (χ4v) is 6.90. The first kappa shape index (κ1) is 38.7. The molecule has 1 N–H and O–H groups in total. The number of hydrogen-bond donors (Lipinski definition) is 1. The normalized spacial score (nSPS) is 17.6. The lowest BCUT2D eigenvalue weighted by atomic mass is 10.0. The maximum Gasteiger partial charge on any atom is 0.258 e. The lowest BCUT2D eigenvalue weighted by molar-refractivity contribution is -0.123. The summed E-state index contributed by atoms with van der Waals surface area (Å²) in [7, 11) is 0.709. The average Bonchev–Trinajstić information content (AvgIpc) is 3.49. The molecule has 0 spiro atoms. The highest BCUT2D eigenvalue weighted by Crippen LogP contribution is 2.27. The van der Waals surface area contributed by atoms with Gasteiger partial charge in [-0.05, 0) is 81.7 Å². The summed E-state index contributed by atoms with van der Waals surface area (Å²) in [5.74, 6) is 1.01. The number of carbonyl (C=O) groups is 2. The Balaban J connectivity index is 1.67. The third kappa shape index (κ3) is 12.6. The number of fused-ring (bicyclic) bond motifs is 15. The summed E-state index contributed by atoms with van der Waals surface area (Å²) in [6.07, 6.45) is 12.0. The van der Waals surface area contributed by atoms with E-state index in [0.29, 0.717) is 64.3 Å². The molecule has 1 amide bonds. The van der Waals surface area contributed by atoms with Crippen LogP contribution in [-0.4, -0.2) is 78.7 Å². The molecule has 1 aromatic carbocycles. The zero-order valence-electron chi connectivity index (χ0n) is 30.6. The first-order chi connectivity index (χ1) is 23.5. The molecule has 4 heterocycles. The largest absolute Gasteiger partial charge is 0.381 e. The molecule has 2 aliphatic heterocycles. The predicted octanol–water partition coefficient (Wildman–Crippen LogP) is 6.79. The van der Waals surface area contributed by atoms with Gasteiger partial charge in [0.05, 0.1) is 18.3 Å². The molecule has 0 radical (unpaired) electrons. The van der Waals surface area contributed by atoms with Crippen LogP contribution < -0.4 is 10.9 Å². The number of aryl methyl sites for hydroxylation is 1. The Bertz CT molecular complexity index is 1560. The molecule has 3 aromatic rings. The highest BCUT2D eigenvalue weighted by molar-refractivity contribution is 6.76. The van der Waals surface area contributed by atoms with Gasteiger partial charge in [0, 0.05) is 70.6 Å². The number of aromatic nitrogens is 3. The third-order valence-electron chi connectivity index (χ3n) is 9.23. The molecule has 0 unspecified atom stereocenters. The lowest BCUT2D eigenvalue weighted by Gasteiger charge is -2.22. The van der Waals surface area contributed by atoms with Crippen LogP contribution >= 0.6 is 0 Å². The van der Waals surface area contributed by atoms with Gasteiger partial charge in [-0.1, -0.05) is 45.5 Å². The number of pyridine rings is 1. The number of nitrogens with zero attached hydrogens (tertiary/aromatic N) is 4. The van der Waals surface area contributed by atoms with Crippen LogP contribution in [0.3, 0.4) is 0 Å². The van der Waals surface area contributed by atoms with E-state index in [1.807, 2.05) is 55.2 Å². The van der Waals surface area contributed by atoms with E-state index in [1.54, 1.807) is 4.57 Å². The van der Waals surface area contributed by atoms with Crippen LogP contribution in [0.4, 0.5) is 0 Å². The first-order valence-corrected chi connectivity index (χ1v) is 22.1. The topological polar surface area (TPSA) is 108 Å². The highest BCUT2D eigenvalue weighted by atomic mass is 28.3. The Kier molecular flexibility index (Phi) is 15.2. The molecule has 0 saturated heterocycles. The van der Waals surface area contributed by atoms with Crippen molar-refractivity contribution in [3.63, 3.8) is 0 Å². The second-order valence-corrected chi connectivity index (χ2v) is 20.4. The molecular weight excluding hydrogens is 635 g/mol. The molecule has 2 aromatic heterocycles. The van der Waals surface area contributed by atoms with Gasteiger partial charge in [0.25, 0.3) is 5.56 Å². The van der Waals surface area contributed by atoms with Crippen LogP contribution in [0, 0.1) is 0 Å². The Morgan fingerprint density at radius 3 is 2.57 bits per heavy atom. The van der Waals surface area contributed by atoms with Crippen molar-refractivity contribution < 1.29 is 19.1 Å². The van der Waals surface area contributed by atoms with E-state index in [1.165, 1.54) is 0 Å². The minimum Gasteiger partial charge on any atom is -0.381 e. The van der Waals surface area contributed by atoms with Crippen LogP contribution in [0.1, 0.15) is 83.0 Å². The molecule has 11 heteroatoms. The molecule has 0 fully saturated rings. The summed E-state index contributed by atoms with van der Waals surface area (Å²) >= 11 is 0. The number of likely N-dealkylation sites (N-methyl/N-ethyl adjacent to an activating group) is 1. The summed E-state index contributed by atoms with van der Waals surface area (Å²) < 4.78 is 15.9. The first-order valence-electron chi connectivity index (χ1n) is 18.4. The van der Waals surface area contributed by atoms with Crippen LogP contribution in [0.5, 0.6) is 0 Å². The van der Waals surface area contributed by atoms with E-state index in [4.69, 9.17) is 14.5 Å². The smallest absolute Gasteiger partial charge is 0.258 e. The maximum atomic E-state index is 13.5. The molecule has 2 aliphatic rings. The molecule has 0 aliphatic carbocycles. The molecule has 5 rings (SSSR count). The number of Topliss-reactive ketones (excluding diaryl/α,β-unsaturated/α-hetero) is 1. The van der Waals surface area contributed by atoms with Gasteiger partial charge in [0.2, 0.25) is 5.91 Å². The number of ether oxygens (including phenoxy) is 2. The van der Waals surface area contributed by atoms with Gasteiger partial charge >= 0.3 is 0 Å². The Morgan fingerprint density at radius 1 is 1.04 bits per heavy atom. The van der Waals surface area contributed by atoms with Crippen molar-refractivity contribution in [1.82, 2.24) is 24.3 Å². The molecule has 10 nitrogen and oxygen atoms in total. The van der Waals surface area contributed by atoms with Crippen molar-refractivity contribution in [2.24, 2.45) is 0 Å². The number of benzene rings is 1. The van der Waals surface area contributed by atoms with E-state index in [2.05, 4.69) is 29.9 Å². The fourth-order valence-electron chi connectivity index (χ4n) is 6.14. The number of hydrogen-bond acceptors (Lipinski definition) is 7. The maximum absolute atomic E-state index is 13.5. The van der Waals surface area contributed by atoms with Gasteiger partial charge in [-0.15, -0.1) is 0 Å². The second-order valence-electron chi connectivity index (χ2n) is 14.8. The number of imidazole rings is 1. The van der Waals surface area contributed by atoms with Gasteiger partial charge in [-0.25, -0.2) is 4.98 Å². The summed E-state index contributed by atoms with van der Waals surface area (Å²) in [4.78, 5) is 45.9. The second kappa shape index (κ2) is 19.3. The quantitative estimate of drug-likeness (QED) is 0.165. The molecular formula is C38H59N5O5Si. The van der Waals surface area contributed by atoms with Crippen molar-refractivity contribution in [1.29, 1.82) is 0 Å². The number of unbranched alkanes of at least 4 members (excludes halogenated alkanes) is 2. The van der Waals surface area contributed by atoms with Gasteiger partial charge in [0.1, 0.15) is 18.3 Å². The van der Waals surface area contributed by atoms with E-state index in [9.17, 15) is 14.4 Å². The highest BCUT2D eigenvalue weighted by Gasteiger charge is 2.23. The Labute approximate surface area is 293 Å². The summed E-state index contributed by atoms with van der Waals surface area (Å²) in [5.41, 5.74) is 1.70. The van der Waals surface area contributed by atoms with E-state index >= 15 is 0 Å². The van der Waals surface area contributed by atoms with E-state index in [-0.39, 0.29) is 23.3 Å². The van der Waals surface area contributed by atoms with E-state index < -0.39 is 8.07 Å². The minimum absolute atomic E-state index is 0.0120. The monoisotopic (exact) mass is 693 g/mol. The van der Waals surface area contributed by atoms with Gasteiger partial charge in [0.15, 0.2) is 0 Å². The van der Waals surface area contributed by atoms with Crippen LogP contribution in [0.2, 0.25) is 25.7 Å². The number of nitrogens with one attached hydrogen (secondary N) is 1. The third-order valence-corrected chi connectivity index (χ3v) is 10.9. The average molecular weight is 694 g/mol. The Hall–Kier alpha value is -3.12. The van der Waals surface area contributed by atoms with Crippen LogP contribution in [0.25, 0.3) is 22.0 Å². The summed E-state index contributed by atoms with van der Waals surface area (Å²) in [5, 5.41) is 4.87. The number of carbonyl (C=O) groups excluding carboxylic acids is 2. The van der Waals surface area contributed by atoms with Crippen molar-refractivity contribution >= 4 is 30.5 Å². The predicted molar refractivity (Wildman–Crippen MR) is 200 cm³/mol. The molecule has 6 bridgehead atoms. The zero-order valence-corrected chi connectivity index (χ0v) is 31.6. The standard InChI is InChI=1S/C38H59N5O5Si/c1-6-32(44)14-8-7-9-15-34-37-40-35(27-43(37)29-48-24-25-49(3,4)5)31-16-17-33-30(26-31)18-21-42(38(33)46)20-11-13-23-47-22-12-10-19-41(2)28-36(45)39-34/h16-18,21,26-27,34H,6-15,19-20,22-25,28-29H2,1-5H3,(H,39,45)/t34-/m0/s1. The molecule has 1 atom stereocenters. The minimum atomic E-state index is -1.27. The SMILES string of the molecule is CCC(=O)CCCCC[C@@H]1NC(=O)CN(C)CCCCOCCCCn2ccc3cc(ccc3c2=O)-c2cn(COCC[Si](C)(C)C)c1n2. The summed E-state index contributed by atoms with van der Waals surface area (Å²) in [6.45, 7) is 13.1. The van der Waals surface area contributed by atoms with Gasteiger partial charge < -0.3 is 23.9 Å².